The van der Waals surface area contributed by atoms with Crippen LogP contribution in [0.3, 0.4) is 0 Å². The molecule has 152 valence electrons. The van der Waals surface area contributed by atoms with E-state index in [2.05, 4.69) is 15.6 Å². The maximum Gasteiger partial charge on any atom is 0.338 e. The third-order valence-electron chi connectivity index (χ3n) is 6.57. The van der Waals surface area contributed by atoms with Crippen molar-refractivity contribution in [3.05, 3.63) is 29.3 Å². The second-order valence-electron chi connectivity index (χ2n) is 8.81. The number of fused-ring (bicyclic) bond motifs is 1. The number of benzene rings is 1. The van der Waals surface area contributed by atoms with Crippen LogP contribution in [0.2, 0.25) is 0 Å². The summed E-state index contributed by atoms with van der Waals surface area (Å²) in [6.07, 6.45) is 6.88. The Balaban J connectivity index is 1.13. The van der Waals surface area contributed by atoms with Crippen molar-refractivity contribution in [3.8, 4) is 0 Å². The average molecular weight is 413 g/mol. The molecule has 0 radical (unpaired) electrons. The molecule has 1 aromatic carbocycles. The monoisotopic (exact) mass is 413 g/mol. The molecule has 8 heteroatoms. The summed E-state index contributed by atoms with van der Waals surface area (Å²) in [7, 11) is 0. The predicted molar refractivity (Wildman–Crippen MR) is 107 cm³/mol. The zero-order chi connectivity index (χ0) is 20.0. The van der Waals surface area contributed by atoms with E-state index < -0.39 is 24.5 Å². The van der Waals surface area contributed by atoms with Crippen LogP contribution in [0, 0.1) is 17.8 Å². The smallest absolute Gasteiger partial charge is 0.338 e. The molecular weight excluding hydrogens is 390 g/mol. The number of aromatic nitrogens is 1. The van der Waals surface area contributed by atoms with Gasteiger partial charge in [0, 0.05) is 5.54 Å². The Kier molecular flexibility index (Phi) is 4.53. The number of amides is 3. The number of hydrogen-bond acceptors (Lipinski definition) is 6. The molecule has 4 aliphatic carbocycles. The summed E-state index contributed by atoms with van der Waals surface area (Å²) in [6, 6.07) is 4.55. The lowest BCUT2D eigenvalue weighted by Gasteiger charge is -2.56. The highest BCUT2D eigenvalue weighted by Crippen LogP contribution is 2.55. The van der Waals surface area contributed by atoms with Crippen molar-refractivity contribution in [2.45, 2.75) is 44.1 Å². The van der Waals surface area contributed by atoms with Crippen LogP contribution in [0.5, 0.6) is 0 Å². The zero-order valence-corrected chi connectivity index (χ0v) is 16.8. The molecular formula is C21H23N3O4S. The Bertz CT molecular complexity index is 950. The van der Waals surface area contributed by atoms with Crippen molar-refractivity contribution in [1.29, 1.82) is 0 Å². The van der Waals surface area contributed by atoms with E-state index in [-0.39, 0.29) is 5.54 Å². The van der Waals surface area contributed by atoms with Gasteiger partial charge in [0.15, 0.2) is 6.61 Å². The first-order chi connectivity index (χ1) is 14.0. The number of nitrogens with one attached hydrogen (secondary N) is 2. The minimum absolute atomic E-state index is 0.167. The average Bonchev–Trinajstić information content (AvgIpc) is 3.12. The van der Waals surface area contributed by atoms with E-state index in [9.17, 15) is 14.4 Å². The van der Waals surface area contributed by atoms with Gasteiger partial charge < -0.3 is 10.1 Å². The molecule has 0 atom stereocenters. The largest absolute Gasteiger partial charge is 0.452 e. The minimum atomic E-state index is -0.626. The minimum Gasteiger partial charge on any atom is -0.452 e. The number of nitrogens with zero attached hydrogens (tertiary/aromatic N) is 1. The van der Waals surface area contributed by atoms with Crippen molar-refractivity contribution in [1.82, 2.24) is 15.6 Å². The third kappa shape index (κ3) is 3.73. The Hall–Kier alpha value is -2.48. The molecule has 1 aromatic heterocycles. The molecule has 2 N–H and O–H groups in total. The summed E-state index contributed by atoms with van der Waals surface area (Å²) in [4.78, 5) is 40.8. The van der Waals surface area contributed by atoms with Gasteiger partial charge in [-0.1, -0.05) is 0 Å². The number of rotatable bonds is 4. The van der Waals surface area contributed by atoms with E-state index in [1.165, 1.54) is 30.6 Å². The Morgan fingerprint density at radius 1 is 1.10 bits per heavy atom. The maximum absolute atomic E-state index is 12.4. The fourth-order valence-corrected chi connectivity index (χ4v) is 6.61. The molecule has 2 aromatic rings. The van der Waals surface area contributed by atoms with Crippen LogP contribution < -0.4 is 10.6 Å². The predicted octanol–water partition coefficient (Wildman–Crippen LogP) is 3.25. The summed E-state index contributed by atoms with van der Waals surface area (Å²) >= 11 is 1.43. The highest BCUT2D eigenvalue weighted by molar-refractivity contribution is 7.16. The highest BCUT2D eigenvalue weighted by atomic mass is 32.1. The fourth-order valence-electron chi connectivity index (χ4n) is 5.90. The third-order valence-corrected chi connectivity index (χ3v) is 7.36. The quantitative estimate of drug-likeness (QED) is 0.750. The molecule has 7 nitrogen and oxygen atoms in total. The molecule has 0 unspecified atom stereocenters. The lowest BCUT2D eigenvalue weighted by molar-refractivity contribution is -0.123. The van der Waals surface area contributed by atoms with Crippen molar-refractivity contribution >= 4 is 39.5 Å². The van der Waals surface area contributed by atoms with Gasteiger partial charge in [0.1, 0.15) is 0 Å². The number of esters is 1. The number of thiazole rings is 1. The van der Waals surface area contributed by atoms with Crippen LogP contribution in [0.4, 0.5) is 4.79 Å². The van der Waals surface area contributed by atoms with Gasteiger partial charge in [0.25, 0.3) is 5.91 Å². The van der Waals surface area contributed by atoms with Gasteiger partial charge >= 0.3 is 12.0 Å². The number of carbonyl (C=O) groups excluding carboxylic acids is 3. The van der Waals surface area contributed by atoms with E-state index in [0.29, 0.717) is 23.3 Å². The molecule has 3 amide bonds. The van der Waals surface area contributed by atoms with E-state index in [0.717, 1.165) is 29.5 Å². The molecule has 0 aliphatic heterocycles. The second-order valence-corrected chi connectivity index (χ2v) is 9.70. The van der Waals surface area contributed by atoms with Crippen LogP contribution in [0.25, 0.3) is 10.2 Å². The molecule has 1 heterocycles. The van der Waals surface area contributed by atoms with Crippen molar-refractivity contribution in [2.24, 2.45) is 17.8 Å². The highest BCUT2D eigenvalue weighted by Gasteiger charge is 2.51. The van der Waals surface area contributed by atoms with Crippen molar-refractivity contribution < 1.29 is 19.1 Å². The number of carbonyl (C=O) groups is 3. The van der Waals surface area contributed by atoms with Crippen LogP contribution in [0.15, 0.2) is 23.7 Å². The molecule has 4 bridgehead atoms. The molecule has 6 rings (SSSR count). The first-order valence-electron chi connectivity index (χ1n) is 10.1. The maximum atomic E-state index is 12.4. The van der Waals surface area contributed by atoms with Crippen LogP contribution in [-0.4, -0.2) is 35.0 Å². The lowest BCUT2D eigenvalue weighted by atomic mass is 9.53. The fraction of sp³-hybridized carbons (Fsp3) is 0.524. The molecule has 4 saturated carbocycles. The van der Waals surface area contributed by atoms with E-state index in [1.54, 1.807) is 23.7 Å². The summed E-state index contributed by atoms with van der Waals surface area (Å²) in [5.41, 5.74) is 2.70. The lowest BCUT2D eigenvalue weighted by Crippen LogP contribution is -2.62. The molecule has 29 heavy (non-hydrogen) atoms. The van der Waals surface area contributed by atoms with Gasteiger partial charge in [0.2, 0.25) is 0 Å². The van der Waals surface area contributed by atoms with E-state index >= 15 is 0 Å². The molecule has 0 spiro atoms. The van der Waals surface area contributed by atoms with E-state index in [4.69, 9.17) is 4.74 Å². The standard InChI is InChI=1S/C21H23N3O4S/c25-18(10-28-19(26)15-1-2-16-17(6-15)29-11-22-16)23-20(27)24-21-7-12-3-13(8-21)5-14(4-12)9-21/h1-2,6,11-14H,3-5,7-10H2,(H2,23,24,25,27). The Morgan fingerprint density at radius 3 is 2.48 bits per heavy atom. The van der Waals surface area contributed by atoms with Gasteiger partial charge in [-0.25, -0.2) is 14.6 Å². The van der Waals surface area contributed by atoms with Crippen molar-refractivity contribution in [2.75, 3.05) is 6.61 Å². The Morgan fingerprint density at radius 2 is 1.79 bits per heavy atom. The summed E-state index contributed by atoms with van der Waals surface area (Å²) in [6.45, 7) is -0.492. The first-order valence-corrected chi connectivity index (χ1v) is 11.0. The number of urea groups is 1. The number of imide groups is 1. The summed E-state index contributed by atoms with van der Waals surface area (Å²) < 4.78 is 5.94. The van der Waals surface area contributed by atoms with Gasteiger partial charge in [-0.3, -0.25) is 10.1 Å². The normalized spacial score (nSPS) is 29.6. The summed E-state index contributed by atoms with van der Waals surface area (Å²) in [5, 5.41) is 5.39. The van der Waals surface area contributed by atoms with Crippen LogP contribution in [-0.2, 0) is 9.53 Å². The molecule has 4 fully saturated rings. The molecule has 4 aliphatic rings. The Labute approximate surface area is 172 Å². The first kappa shape index (κ1) is 18.5. The van der Waals surface area contributed by atoms with E-state index in [1.807, 2.05) is 0 Å². The number of hydrogen-bond donors (Lipinski definition) is 2. The van der Waals surface area contributed by atoms with Gasteiger partial charge in [-0.15, -0.1) is 11.3 Å². The zero-order valence-electron chi connectivity index (χ0n) is 16.0. The van der Waals surface area contributed by atoms with Gasteiger partial charge in [-0.05, 0) is 74.5 Å². The van der Waals surface area contributed by atoms with Crippen molar-refractivity contribution in [3.63, 3.8) is 0 Å². The van der Waals surface area contributed by atoms with Crippen LogP contribution >= 0.6 is 11.3 Å². The molecule has 0 saturated heterocycles. The van der Waals surface area contributed by atoms with Gasteiger partial charge in [-0.2, -0.15) is 0 Å². The van der Waals surface area contributed by atoms with Crippen LogP contribution in [0.1, 0.15) is 48.9 Å². The second kappa shape index (κ2) is 7.09. The SMILES string of the molecule is O=C(COC(=O)c1ccc2ncsc2c1)NC(=O)NC12CC3CC(CC(C3)C1)C2. The topological polar surface area (TPSA) is 97.4 Å². The van der Waals surface area contributed by atoms with Gasteiger partial charge in [0.05, 0.1) is 21.3 Å². The number of ether oxygens (including phenoxy) is 1. The summed E-state index contributed by atoms with van der Waals surface area (Å²) in [5.74, 6) is 0.883.